The maximum Gasteiger partial charge on any atom is 0.240 e. The van der Waals surface area contributed by atoms with Crippen molar-refractivity contribution >= 4 is 10.0 Å². The Balaban J connectivity index is 2.19. The highest BCUT2D eigenvalue weighted by Gasteiger charge is 2.20. The highest BCUT2D eigenvalue weighted by molar-refractivity contribution is 7.89. The van der Waals surface area contributed by atoms with Crippen LogP contribution in [-0.2, 0) is 10.0 Å². The van der Waals surface area contributed by atoms with E-state index in [-0.39, 0.29) is 6.04 Å². The van der Waals surface area contributed by atoms with Gasteiger partial charge in [0.1, 0.15) is 0 Å². The second-order valence-electron chi connectivity index (χ2n) is 6.01. The second kappa shape index (κ2) is 7.25. The van der Waals surface area contributed by atoms with Crippen LogP contribution in [0.2, 0.25) is 0 Å². The number of hydrogen-bond acceptors (Lipinski definition) is 3. The van der Waals surface area contributed by atoms with Crippen LogP contribution in [0, 0.1) is 13.8 Å². The Kier molecular flexibility index (Phi) is 5.57. The summed E-state index contributed by atoms with van der Waals surface area (Å²) < 4.78 is 27.8. The van der Waals surface area contributed by atoms with Gasteiger partial charge in [0.25, 0.3) is 0 Å². The predicted octanol–water partition coefficient (Wildman–Crippen LogP) is 2.88. The molecule has 124 valence electrons. The molecule has 0 fully saturated rings. The summed E-state index contributed by atoms with van der Waals surface area (Å²) in [5.74, 6) is 0. The summed E-state index contributed by atoms with van der Waals surface area (Å²) in [5, 5.41) is 0. The van der Waals surface area contributed by atoms with E-state index >= 15 is 0 Å². The van der Waals surface area contributed by atoms with Crippen LogP contribution >= 0.6 is 0 Å². The van der Waals surface area contributed by atoms with Gasteiger partial charge >= 0.3 is 0 Å². The van der Waals surface area contributed by atoms with Crippen LogP contribution in [0.1, 0.15) is 22.7 Å². The van der Waals surface area contributed by atoms with Crippen molar-refractivity contribution in [1.29, 1.82) is 0 Å². The molecule has 2 rings (SSSR count). The first-order valence-electron chi connectivity index (χ1n) is 7.59. The lowest BCUT2D eigenvalue weighted by molar-refractivity contribution is 0.299. The summed E-state index contributed by atoms with van der Waals surface area (Å²) in [7, 11) is 0.390. The van der Waals surface area contributed by atoms with Crippen LogP contribution in [0.4, 0.5) is 0 Å². The van der Waals surface area contributed by atoms with Gasteiger partial charge in [-0.25, -0.2) is 13.1 Å². The number of likely N-dealkylation sites (N-methyl/N-ethyl adjacent to an activating group) is 1. The van der Waals surface area contributed by atoms with Crippen LogP contribution in [-0.4, -0.2) is 34.0 Å². The van der Waals surface area contributed by atoms with Gasteiger partial charge in [0, 0.05) is 12.6 Å². The van der Waals surface area contributed by atoms with E-state index in [2.05, 4.69) is 4.72 Å². The largest absolute Gasteiger partial charge is 0.301 e. The van der Waals surface area contributed by atoms with Crippen molar-refractivity contribution in [3.8, 4) is 0 Å². The van der Waals surface area contributed by atoms with Gasteiger partial charge in [0.15, 0.2) is 0 Å². The molecule has 0 aliphatic carbocycles. The zero-order chi connectivity index (χ0) is 17.0. The minimum Gasteiger partial charge on any atom is -0.301 e. The number of nitrogens with zero attached hydrogens (tertiary/aromatic N) is 1. The fourth-order valence-electron chi connectivity index (χ4n) is 2.51. The van der Waals surface area contributed by atoms with Crippen LogP contribution < -0.4 is 4.72 Å². The van der Waals surface area contributed by atoms with Gasteiger partial charge in [-0.2, -0.15) is 0 Å². The quantitative estimate of drug-likeness (QED) is 0.885. The predicted molar refractivity (Wildman–Crippen MR) is 94.0 cm³/mol. The Morgan fingerprint density at radius 1 is 1.00 bits per heavy atom. The summed E-state index contributed by atoms with van der Waals surface area (Å²) in [6, 6.07) is 15.2. The van der Waals surface area contributed by atoms with Crippen LogP contribution in [0.5, 0.6) is 0 Å². The van der Waals surface area contributed by atoms with Crippen molar-refractivity contribution in [2.24, 2.45) is 0 Å². The highest BCUT2D eigenvalue weighted by Crippen LogP contribution is 2.20. The third-order valence-corrected chi connectivity index (χ3v) is 5.52. The van der Waals surface area contributed by atoms with E-state index in [0.717, 1.165) is 11.1 Å². The second-order valence-corrected chi connectivity index (χ2v) is 7.74. The summed E-state index contributed by atoms with van der Waals surface area (Å²) in [6.45, 7) is 4.17. The van der Waals surface area contributed by atoms with Crippen molar-refractivity contribution in [3.63, 3.8) is 0 Å². The first-order chi connectivity index (χ1) is 10.8. The number of nitrogens with one attached hydrogen (secondary N) is 1. The molecule has 1 atom stereocenters. The Labute approximate surface area is 139 Å². The zero-order valence-electron chi connectivity index (χ0n) is 14.1. The van der Waals surface area contributed by atoms with E-state index in [1.807, 2.05) is 56.3 Å². The fraction of sp³-hybridized carbons (Fsp3) is 0.333. The molecule has 0 saturated carbocycles. The molecule has 2 aromatic rings. The van der Waals surface area contributed by atoms with Gasteiger partial charge in [-0.05, 0) is 45.1 Å². The number of aryl methyl sites for hydroxylation is 2. The molecule has 23 heavy (non-hydrogen) atoms. The van der Waals surface area contributed by atoms with E-state index in [1.54, 1.807) is 25.1 Å². The average molecular weight is 332 g/mol. The van der Waals surface area contributed by atoms with Crippen molar-refractivity contribution in [2.45, 2.75) is 24.8 Å². The molecular weight excluding hydrogens is 308 g/mol. The Morgan fingerprint density at radius 2 is 1.61 bits per heavy atom. The molecule has 0 aliphatic heterocycles. The molecule has 4 nitrogen and oxygen atoms in total. The standard InChI is InChI=1S/C18H24N2O2S/c1-14-9-11-16(12-10-14)17(20(3)4)13-19-23(21,22)18-8-6-5-7-15(18)2/h5-12,17,19H,13H2,1-4H3. The van der Waals surface area contributed by atoms with Crippen molar-refractivity contribution < 1.29 is 8.42 Å². The van der Waals surface area contributed by atoms with Crippen LogP contribution in [0.25, 0.3) is 0 Å². The summed E-state index contributed by atoms with van der Waals surface area (Å²) in [4.78, 5) is 2.35. The van der Waals surface area contributed by atoms with Gasteiger partial charge in [0.05, 0.1) is 4.90 Å². The molecule has 0 radical (unpaired) electrons. The summed E-state index contributed by atoms with van der Waals surface area (Å²) in [5.41, 5.74) is 3.02. The number of sulfonamides is 1. The van der Waals surface area contributed by atoms with Gasteiger partial charge in [-0.15, -0.1) is 0 Å². The third kappa shape index (κ3) is 4.41. The molecule has 2 aromatic carbocycles. The summed E-state index contributed by atoms with van der Waals surface area (Å²) in [6.07, 6.45) is 0. The Morgan fingerprint density at radius 3 is 2.17 bits per heavy atom. The molecular formula is C18H24N2O2S. The van der Waals surface area contributed by atoms with E-state index in [9.17, 15) is 8.42 Å². The lowest BCUT2D eigenvalue weighted by Crippen LogP contribution is -2.34. The fourth-order valence-corrected chi connectivity index (χ4v) is 3.79. The van der Waals surface area contributed by atoms with Crippen LogP contribution in [0.15, 0.2) is 53.4 Å². The first kappa shape index (κ1) is 17.7. The van der Waals surface area contributed by atoms with Gasteiger partial charge < -0.3 is 4.90 Å². The topological polar surface area (TPSA) is 49.4 Å². The Bertz CT molecular complexity index is 753. The smallest absolute Gasteiger partial charge is 0.240 e. The zero-order valence-corrected chi connectivity index (χ0v) is 14.9. The first-order valence-corrected chi connectivity index (χ1v) is 9.08. The van der Waals surface area contributed by atoms with E-state index in [0.29, 0.717) is 11.4 Å². The van der Waals surface area contributed by atoms with E-state index in [4.69, 9.17) is 0 Å². The van der Waals surface area contributed by atoms with Gasteiger partial charge in [-0.3, -0.25) is 0 Å². The van der Waals surface area contributed by atoms with Crippen molar-refractivity contribution in [1.82, 2.24) is 9.62 Å². The molecule has 0 amide bonds. The lowest BCUT2D eigenvalue weighted by atomic mass is 10.0. The maximum atomic E-state index is 12.5. The molecule has 0 aromatic heterocycles. The number of rotatable bonds is 6. The monoisotopic (exact) mass is 332 g/mol. The maximum absolute atomic E-state index is 12.5. The minimum absolute atomic E-state index is 0.0191. The van der Waals surface area contributed by atoms with Gasteiger partial charge in [0.2, 0.25) is 10.0 Å². The molecule has 0 spiro atoms. The molecule has 0 heterocycles. The average Bonchev–Trinajstić information content (AvgIpc) is 2.49. The highest BCUT2D eigenvalue weighted by atomic mass is 32.2. The van der Waals surface area contributed by atoms with Crippen molar-refractivity contribution in [2.75, 3.05) is 20.6 Å². The van der Waals surface area contributed by atoms with Gasteiger partial charge in [-0.1, -0.05) is 48.0 Å². The third-order valence-electron chi connectivity index (χ3n) is 3.94. The number of benzene rings is 2. The molecule has 1 N–H and O–H groups in total. The Hall–Kier alpha value is -1.69. The molecule has 5 heteroatoms. The summed E-state index contributed by atoms with van der Waals surface area (Å²) >= 11 is 0. The van der Waals surface area contributed by atoms with Crippen LogP contribution in [0.3, 0.4) is 0 Å². The molecule has 0 bridgehead atoms. The normalized spacial score (nSPS) is 13.3. The number of hydrogen-bond donors (Lipinski definition) is 1. The lowest BCUT2D eigenvalue weighted by Gasteiger charge is -2.25. The van der Waals surface area contributed by atoms with E-state index in [1.165, 1.54) is 5.56 Å². The molecule has 0 saturated heterocycles. The molecule has 0 aliphatic rings. The van der Waals surface area contributed by atoms with E-state index < -0.39 is 10.0 Å². The van der Waals surface area contributed by atoms with Crippen molar-refractivity contribution in [3.05, 3.63) is 65.2 Å². The minimum atomic E-state index is -3.51. The SMILES string of the molecule is Cc1ccc(C(CNS(=O)(=O)c2ccccc2C)N(C)C)cc1. The molecule has 1 unspecified atom stereocenters.